The number of hydrogen-bond acceptors (Lipinski definition) is 6. The Morgan fingerprint density at radius 1 is 0.588 bits per heavy atom. The van der Waals surface area contributed by atoms with Crippen LogP contribution in [0.15, 0.2) is 121 Å². The van der Waals surface area contributed by atoms with Crippen molar-refractivity contribution in [2.45, 2.75) is 50.2 Å². The smallest absolute Gasteiger partial charge is 0.326 e. The van der Waals surface area contributed by atoms with Crippen molar-refractivity contribution < 1.29 is 34.1 Å². The zero-order chi connectivity index (χ0) is 36.3. The Labute approximate surface area is 296 Å². The van der Waals surface area contributed by atoms with Gasteiger partial charge in [-0.15, -0.1) is 0 Å². The summed E-state index contributed by atoms with van der Waals surface area (Å²) in [6.07, 6.45) is 0.190. The summed E-state index contributed by atoms with van der Waals surface area (Å²) in [4.78, 5) is 53.8. The molecule has 4 atom stereocenters. The molecule has 10 heteroatoms. The Morgan fingerprint density at radius 2 is 1.06 bits per heavy atom. The van der Waals surface area contributed by atoms with Gasteiger partial charge in [0.2, 0.25) is 17.7 Å². The number of carboxylic acid groups (broad SMARTS) is 1. The van der Waals surface area contributed by atoms with Gasteiger partial charge in [0.05, 0.1) is 13.0 Å². The van der Waals surface area contributed by atoms with Crippen molar-refractivity contribution in [2.24, 2.45) is 0 Å². The molecule has 3 amide bonds. The normalized spacial score (nSPS) is 13.3. The van der Waals surface area contributed by atoms with Crippen LogP contribution in [0.2, 0.25) is 0 Å². The number of nitrogens with one attached hydrogen (secondary N) is 3. The van der Waals surface area contributed by atoms with Crippen LogP contribution in [0.25, 0.3) is 10.8 Å². The second-order valence-corrected chi connectivity index (χ2v) is 12.5. The maximum Gasteiger partial charge on any atom is 0.326 e. The van der Waals surface area contributed by atoms with Crippen LogP contribution in [-0.2, 0) is 38.4 Å². The fourth-order valence-corrected chi connectivity index (χ4v) is 5.82. The molecule has 0 radical (unpaired) electrons. The lowest BCUT2D eigenvalue weighted by Gasteiger charge is -2.26. The summed E-state index contributed by atoms with van der Waals surface area (Å²) in [6, 6.07) is 32.2. The average molecular weight is 688 g/mol. The van der Waals surface area contributed by atoms with Crippen molar-refractivity contribution >= 4 is 34.5 Å². The van der Waals surface area contributed by atoms with E-state index in [-0.39, 0.29) is 30.9 Å². The Bertz CT molecular complexity index is 1970. The summed E-state index contributed by atoms with van der Waals surface area (Å²) in [7, 11) is 1.60. The van der Waals surface area contributed by atoms with E-state index in [9.17, 15) is 29.4 Å². The highest BCUT2D eigenvalue weighted by Crippen LogP contribution is 2.25. The average Bonchev–Trinajstić information content (AvgIpc) is 3.14. The summed E-state index contributed by atoms with van der Waals surface area (Å²) in [5, 5.41) is 29.8. The van der Waals surface area contributed by atoms with Gasteiger partial charge in [-0.2, -0.15) is 0 Å². The first-order valence-corrected chi connectivity index (χ1v) is 16.7. The van der Waals surface area contributed by atoms with Crippen molar-refractivity contribution in [1.29, 1.82) is 0 Å². The minimum Gasteiger partial charge on any atom is -0.508 e. The molecule has 0 aliphatic heterocycles. The molecule has 0 saturated heterocycles. The lowest BCUT2D eigenvalue weighted by molar-refractivity contribution is -0.142. The molecule has 51 heavy (non-hydrogen) atoms. The van der Waals surface area contributed by atoms with E-state index >= 15 is 0 Å². The van der Waals surface area contributed by atoms with E-state index in [2.05, 4.69) is 16.0 Å². The van der Waals surface area contributed by atoms with Gasteiger partial charge in [0, 0.05) is 19.3 Å². The number of amides is 3. The fraction of sp³-hybridized carbons (Fsp3) is 0.220. The van der Waals surface area contributed by atoms with Crippen LogP contribution in [0, 0.1) is 0 Å². The second-order valence-electron chi connectivity index (χ2n) is 12.5. The predicted octanol–water partition coefficient (Wildman–Crippen LogP) is 4.92. The van der Waals surface area contributed by atoms with E-state index in [0.717, 1.165) is 33.2 Å². The highest BCUT2D eigenvalue weighted by atomic mass is 16.5. The lowest BCUT2D eigenvalue weighted by Crippen LogP contribution is -2.57. The van der Waals surface area contributed by atoms with E-state index in [4.69, 9.17) is 4.74 Å². The van der Waals surface area contributed by atoms with Crippen molar-refractivity contribution in [3.63, 3.8) is 0 Å². The van der Waals surface area contributed by atoms with Gasteiger partial charge in [-0.25, -0.2) is 4.79 Å². The van der Waals surface area contributed by atoms with Crippen molar-refractivity contribution in [3.8, 4) is 11.5 Å². The molecule has 0 fully saturated rings. The summed E-state index contributed by atoms with van der Waals surface area (Å²) >= 11 is 0. The number of aromatic hydroxyl groups is 1. The molecule has 0 unspecified atom stereocenters. The molecule has 0 spiro atoms. The number of benzene rings is 5. The van der Waals surface area contributed by atoms with Crippen LogP contribution in [0.5, 0.6) is 11.5 Å². The maximum atomic E-state index is 14.1. The Morgan fingerprint density at radius 3 is 1.61 bits per heavy atom. The molecule has 0 aliphatic rings. The zero-order valence-electron chi connectivity index (χ0n) is 28.4. The van der Waals surface area contributed by atoms with E-state index in [1.807, 2.05) is 84.9 Å². The topological polar surface area (TPSA) is 154 Å². The SMILES string of the molecule is COc1ccc2cc([C@H](C)C(=O)N[C@H](Cc3ccccc3)C(=O)N[C@H](Cc3ccccc3)C(=O)N[C@H](Cc3ccc(O)cc3)C(=O)O)ccc2c1. The third-order valence-electron chi connectivity index (χ3n) is 8.79. The Balaban J connectivity index is 1.37. The van der Waals surface area contributed by atoms with Gasteiger partial charge in [-0.3, -0.25) is 14.4 Å². The van der Waals surface area contributed by atoms with Gasteiger partial charge in [-0.05, 0) is 64.2 Å². The molecule has 5 rings (SSSR count). The largest absolute Gasteiger partial charge is 0.508 e. The summed E-state index contributed by atoms with van der Waals surface area (Å²) in [5.41, 5.74) is 2.90. The third kappa shape index (κ3) is 9.95. The van der Waals surface area contributed by atoms with Crippen LogP contribution in [0.1, 0.15) is 35.1 Å². The molecule has 0 heterocycles. The van der Waals surface area contributed by atoms with E-state index in [1.165, 1.54) is 12.1 Å². The second kappa shape index (κ2) is 17.0. The molecule has 0 bridgehead atoms. The van der Waals surface area contributed by atoms with Gasteiger partial charge < -0.3 is 30.9 Å². The third-order valence-corrected chi connectivity index (χ3v) is 8.79. The molecule has 262 valence electrons. The summed E-state index contributed by atoms with van der Waals surface area (Å²) in [6.45, 7) is 1.77. The molecule has 10 nitrogen and oxygen atoms in total. The van der Waals surface area contributed by atoms with Crippen LogP contribution in [0.4, 0.5) is 0 Å². The highest BCUT2D eigenvalue weighted by molar-refractivity contribution is 5.95. The predicted molar refractivity (Wildman–Crippen MR) is 194 cm³/mol. The first kappa shape index (κ1) is 36.1. The standard InChI is InChI=1S/C41H41N3O7/c1-26(30-15-16-32-25-34(51-2)20-17-31(32)24-30)38(46)42-35(21-27-9-5-3-6-10-27)39(47)43-36(22-28-11-7-4-8-12-28)40(48)44-37(41(49)50)23-29-13-18-33(45)19-14-29/h3-20,24-26,35-37,45H,21-23H2,1-2H3,(H,42,46)(H,43,47)(H,44,48)(H,49,50)/t26-,35+,36+,37+/m0/s1. The van der Waals surface area contributed by atoms with Crippen molar-refractivity contribution in [1.82, 2.24) is 16.0 Å². The number of phenolic OH excluding ortho intramolecular Hbond substituents is 1. The van der Waals surface area contributed by atoms with Gasteiger partial charge in [-0.1, -0.05) is 97.1 Å². The van der Waals surface area contributed by atoms with Gasteiger partial charge >= 0.3 is 5.97 Å². The fourth-order valence-electron chi connectivity index (χ4n) is 5.82. The number of carbonyl (C=O) groups is 4. The van der Waals surface area contributed by atoms with Crippen molar-refractivity contribution in [3.05, 3.63) is 144 Å². The van der Waals surface area contributed by atoms with Crippen LogP contribution in [-0.4, -0.2) is 59.1 Å². The number of fused-ring (bicyclic) bond motifs is 1. The first-order chi connectivity index (χ1) is 24.6. The molecular formula is C41H41N3O7. The highest BCUT2D eigenvalue weighted by Gasteiger charge is 2.31. The number of methoxy groups -OCH3 is 1. The quantitative estimate of drug-likeness (QED) is 0.105. The first-order valence-electron chi connectivity index (χ1n) is 16.7. The number of phenols is 1. The van der Waals surface area contributed by atoms with Gasteiger partial charge in [0.15, 0.2) is 0 Å². The number of hydrogen-bond donors (Lipinski definition) is 5. The number of ether oxygens (including phenoxy) is 1. The molecule has 5 aromatic rings. The molecule has 5 N–H and O–H groups in total. The molecule has 0 aliphatic carbocycles. The molecule has 0 saturated carbocycles. The zero-order valence-corrected chi connectivity index (χ0v) is 28.4. The minimum atomic E-state index is -1.30. The number of rotatable bonds is 15. The molecular weight excluding hydrogens is 646 g/mol. The number of aliphatic carboxylic acids is 1. The van der Waals surface area contributed by atoms with Crippen LogP contribution in [0.3, 0.4) is 0 Å². The molecule has 5 aromatic carbocycles. The number of carboxylic acids is 1. The van der Waals surface area contributed by atoms with Crippen LogP contribution >= 0.6 is 0 Å². The monoisotopic (exact) mass is 687 g/mol. The summed E-state index contributed by atoms with van der Waals surface area (Å²) < 4.78 is 5.32. The van der Waals surface area contributed by atoms with Gasteiger partial charge in [0.25, 0.3) is 0 Å². The van der Waals surface area contributed by atoms with Gasteiger partial charge in [0.1, 0.15) is 29.6 Å². The lowest BCUT2D eigenvalue weighted by atomic mass is 9.96. The Kier molecular flexibility index (Phi) is 12.0. The maximum absolute atomic E-state index is 14.1. The Hall–Kier alpha value is -6.16. The molecule has 0 aromatic heterocycles. The summed E-state index contributed by atoms with van der Waals surface area (Å²) in [5.74, 6) is -2.76. The van der Waals surface area contributed by atoms with E-state index < -0.39 is 41.8 Å². The van der Waals surface area contributed by atoms with E-state index in [0.29, 0.717) is 5.56 Å². The van der Waals surface area contributed by atoms with E-state index in [1.54, 1.807) is 38.3 Å². The van der Waals surface area contributed by atoms with Crippen LogP contribution < -0.4 is 20.7 Å². The number of carbonyl (C=O) groups excluding carboxylic acids is 3. The minimum absolute atomic E-state index is 0.0325. The van der Waals surface area contributed by atoms with Crippen molar-refractivity contribution in [2.75, 3.05) is 7.11 Å².